The van der Waals surface area contributed by atoms with E-state index in [1.54, 1.807) is 133 Å². The van der Waals surface area contributed by atoms with Crippen LogP contribution in [-0.2, 0) is 105 Å². The lowest BCUT2D eigenvalue weighted by atomic mass is 9.78. The summed E-state index contributed by atoms with van der Waals surface area (Å²) < 4.78 is 70.8. The Kier molecular flexibility index (Phi) is 41.3. The average Bonchev–Trinajstić information content (AvgIpc) is 1.58. The van der Waals surface area contributed by atoms with E-state index in [1.807, 2.05) is 177 Å². The number of halogens is 3. The molecule has 816 valence electrons. The summed E-state index contributed by atoms with van der Waals surface area (Å²) in [5, 5.41) is 44.6. The molecule has 0 aliphatic carbocycles. The van der Waals surface area contributed by atoms with Crippen LogP contribution in [0.15, 0.2) is 181 Å². The van der Waals surface area contributed by atoms with Crippen molar-refractivity contribution in [1.82, 2.24) is 0 Å². The van der Waals surface area contributed by atoms with Crippen molar-refractivity contribution in [3.05, 3.63) is 229 Å². The minimum atomic E-state index is -1.54. The monoisotopic (exact) mass is 2130 g/mol. The molecule has 33 nitrogen and oxygen atoms in total. The van der Waals surface area contributed by atoms with Gasteiger partial charge in [-0.1, -0.05) is 205 Å². The summed E-state index contributed by atoms with van der Waals surface area (Å²) in [5.41, 5.74) is 22.1. The predicted molar refractivity (Wildman–Crippen MR) is 583 cm³/mol. The number of ether oxygens (including phenoxy) is 12. The molecule has 0 saturated carbocycles. The molecule has 0 unspecified atom stereocenters. The molecule has 0 radical (unpaired) electrons. The molecule has 6 saturated heterocycles. The number of hydrogen-bond donors (Lipinski definition) is 9. The number of methoxy groups -OCH3 is 3. The van der Waals surface area contributed by atoms with Crippen LogP contribution < -0.4 is 47.9 Å². The molecule has 21 atom stereocenters. The Morgan fingerprint density at radius 3 is 1.02 bits per heavy atom. The highest BCUT2D eigenvalue weighted by molar-refractivity contribution is 6.35. The Labute approximate surface area is 895 Å². The number of carbonyl (C=O) groups excluding carboxylic acids is 9. The second kappa shape index (κ2) is 51.6. The Bertz CT molecular complexity index is 6060. The van der Waals surface area contributed by atoms with E-state index in [4.69, 9.17) is 109 Å². The first-order valence-corrected chi connectivity index (χ1v) is 52.1. The van der Waals surface area contributed by atoms with E-state index in [-0.39, 0.29) is 75.5 Å². The van der Waals surface area contributed by atoms with Gasteiger partial charge in [0.25, 0.3) is 0 Å². The van der Waals surface area contributed by atoms with Crippen LogP contribution in [0, 0.1) is 38.5 Å². The lowest BCUT2D eigenvalue weighted by Gasteiger charge is -2.41. The summed E-state index contributed by atoms with van der Waals surface area (Å²) in [4.78, 5) is 125. The third-order valence-electron chi connectivity index (χ3n) is 28.8. The van der Waals surface area contributed by atoms with Gasteiger partial charge in [0, 0.05) is 102 Å². The fourth-order valence-electron chi connectivity index (χ4n) is 20.3. The molecule has 6 aromatic rings. The summed E-state index contributed by atoms with van der Waals surface area (Å²) >= 11 is 20.2. The van der Waals surface area contributed by atoms with Gasteiger partial charge in [-0.25, -0.2) is 14.4 Å². The molecule has 12 bridgehead atoms. The van der Waals surface area contributed by atoms with E-state index < -0.39 is 161 Å². The number of aliphatic hydroxyl groups is 3. The van der Waals surface area contributed by atoms with Crippen LogP contribution in [-0.4, -0.2) is 219 Å². The van der Waals surface area contributed by atoms with Gasteiger partial charge in [-0.05, 0) is 188 Å². The lowest BCUT2D eigenvalue weighted by molar-refractivity contribution is -0.188. The second-order valence-corrected chi connectivity index (χ2v) is 41.2. The zero-order valence-electron chi connectivity index (χ0n) is 90.4. The van der Waals surface area contributed by atoms with Crippen molar-refractivity contribution in [2.24, 2.45) is 17.8 Å². The number of aryl methyl sites for hydroxylation is 3. The number of esters is 3. The van der Waals surface area contributed by atoms with Gasteiger partial charge in [0.15, 0.2) is 0 Å². The van der Waals surface area contributed by atoms with Crippen LogP contribution in [0.5, 0.6) is 0 Å². The first kappa shape index (κ1) is 120. The minimum Gasteiger partial charge on any atom is -0.462 e. The Morgan fingerprint density at radius 2 is 0.713 bits per heavy atom. The van der Waals surface area contributed by atoms with E-state index in [1.165, 1.54) is 36.0 Å². The van der Waals surface area contributed by atoms with E-state index in [2.05, 4.69) is 16.0 Å². The molecule has 0 spiro atoms. The van der Waals surface area contributed by atoms with Crippen LogP contribution in [0.3, 0.4) is 0 Å². The summed E-state index contributed by atoms with van der Waals surface area (Å²) in [6, 6.07) is 31.5. The van der Waals surface area contributed by atoms with E-state index in [0.29, 0.717) is 85.5 Å². The molecular weight excluding hydrogens is 1990 g/mol. The van der Waals surface area contributed by atoms with Gasteiger partial charge in [0.2, 0.25) is 17.7 Å². The molecule has 0 aromatic heterocycles. The third-order valence-corrected chi connectivity index (χ3v) is 30.3. The molecule has 6 aromatic carbocycles. The zero-order valence-corrected chi connectivity index (χ0v) is 92.6. The highest BCUT2D eigenvalue weighted by atomic mass is 35.5. The Balaban J connectivity index is 0.000000224. The van der Waals surface area contributed by atoms with Crippen LogP contribution in [0.4, 0.5) is 65.6 Å². The highest BCUT2D eigenvalue weighted by Crippen LogP contribution is 2.54. The number of anilines is 9. The molecule has 36 heteroatoms. The topological polar surface area (TPSA) is 459 Å². The molecule has 15 rings (SSSR count). The summed E-state index contributed by atoms with van der Waals surface area (Å²) in [7, 11) is 9.36. The summed E-state index contributed by atoms with van der Waals surface area (Å²) in [5.74, 6) is -4.08. The standard InChI is InChI=1S/3C36H44ClN3O8.3C2H6/c1-20-9-7-12-28(45-6)36(44)18-27(46-31(42)19-36)22(3)33-35(4,48-33)29(47-34(43)39-25-11-8-10-24(38)16-25)17-30(41)40(5)26-15-23(13-20)14-21(2)32(26)37;1-20-10-9-13-28(45-6)36(44)18-27(46-31(42)19-36)22(3)33-35(4,48-33)29(47-34(43)39-25-12-8-7-11-24(25)38)17-30(41)40(5)26-16-23(14-20)15-21(2)32(26)37;1-20-8-7-9-28(45-6)36(44)18-27(46-31(42)19-36)22(3)33-35(4,48-33)29(47-34(43)39-25-12-10-24(38)11-13-25)17-30(41)40(5)26-16-23(14-20)15-21(2)32(26)37;3*1-2/h7-12,14-16,22,27-29,33,44H,13,17-19,38H2,1-6H3,(H,39,43);2*7-13,15-16,22,27-29,33,44H,14,17-19,38H2,1-6H3,(H,39,43);3*1-2H3/b12-7+,20-9+;13-9+,20-10+;9-7+,20-8+;;;/t3*22-,27+,28-,29+,33+,35+,36-;;;/m111.../s1. The van der Waals surface area contributed by atoms with Crippen molar-refractivity contribution in [3.63, 3.8) is 0 Å². The number of epoxide rings is 3. The minimum absolute atomic E-state index is 0.0892. The number of rotatable bonds is 9. The van der Waals surface area contributed by atoms with Gasteiger partial charge in [0.1, 0.15) is 88.5 Å². The van der Waals surface area contributed by atoms with Crippen molar-refractivity contribution < 1.29 is 115 Å². The fourth-order valence-corrected chi connectivity index (χ4v) is 21.0. The van der Waals surface area contributed by atoms with Crippen LogP contribution in [0.2, 0.25) is 15.1 Å². The van der Waals surface area contributed by atoms with E-state index >= 15 is 0 Å². The molecule has 9 heterocycles. The number of nitrogens with zero attached hydrogens (tertiary/aromatic N) is 3. The molecule has 9 aliphatic heterocycles. The summed E-state index contributed by atoms with van der Waals surface area (Å²) in [6.07, 6.45) is 5.05. The predicted octanol–water partition coefficient (Wildman–Crippen LogP) is 19.6. The lowest BCUT2D eigenvalue weighted by Crippen LogP contribution is -2.53. The first-order valence-electron chi connectivity index (χ1n) is 51.0. The molecule has 9 aliphatic rings. The Morgan fingerprint density at radius 1 is 0.407 bits per heavy atom. The maximum Gasteiger partial charge on any atom is 0.412 e. The fraction of sp³-hybridized carbons (Fsp3) is 0.500. The number of hydrogen-bond acceptors (Lipinski definition) is 27. The van der Waals surface area contributed by atoms with Crippen molar-refractivity contribution in [2.75, 3.05) is 90.3 Å². The number of amides is 6. The normalized spacial score (nSPS) is 31.5. The van der Waals surface area contributed by atoms with Gasteiger partial charge in [0.05, 0.1) is 100 Å². The van der Waals surface area contributed by atoms with Gasteiger partial charge < -0.3 is 104 Å². The maximum atomic E-state index is 13.9. The smallest absolute Gasteiger partial charge is 0.412 e. The van der Waals surface area contributed by atoms with Crippen LogP contribution >= 0.6 is 34.8 Å². The maximum absolute atomic E-state index is 13.9. The van der Waals surface area contributed by atoms with Gasteiger partial charge in [-0.2, -0.15) is 0 Å². The second-order valence-electron chi connectivity index (χ2n) is 40.1. The van der Waals surface area contributed by atoms with E-state index in [0.717, 1.165) is 50.1 Å². The molecular formula is C114H150Cl3N9O24. The average molecular weight is 2140 g/mol. The first-order chi connectivity index (χ1) is 70.9. The van der Waals surface area contributed by atoms with Gasteiger partial charge in [-0.15, -0.1) is 0 Å². The number of nitrogen functional groups attached to an aromatic ring is 3. The SMILES string of the molecule is CC.CC.CC.CO[C@@H]1/C=C/C=C(\C)Cc2cc(C)c(Cl)c(c2)N(C)C(=O)C[C@H](OC(=O)Nc2ccc(N)cc2)[C@]2(C)O[C@H]2[C@H](C)[C@@H]2C[C@@]1(O)CC(=O)O2.CO[C@@H]1/C=C/C=C(\C)Cc2cc(C)c(Cl)c(c2)N(C)C(=O)C[C@H](OC(=O)Nc2cccc(N)c2)[C@]2(C)O[C@H]2[C@H](C)[C@@H]2C[C@@]1(O)CC(=O)O2.CO[C@@H]1/C=C/C=C(\C)Cc2cc(C)c(Cl)c(c2)N(C)C(=O)C[C@H](OC(=O)Nc2ccccc2N)[C@]2(C)O[C@H]2[C@H](C)[C@@H]2C[C@@]1(O)CC(=O)O2. The van der Waals surface area contributed by atoms with Crippen molar-refractivity contribution in [1.29, 1.82) is 0 Å². The number of benzene rings is 6. The largest absolute Gasteiger partial charge is 0.462 e. The number of nitrogens with one attached hydrogen (secondary N) is 3. The van der Waals surface area contributed by atoms with Gasteiger partial charge >= 0.3 is 36.2 Å². The van der Waals surface area contributed by atoms with Crippen molar-refractivity contribution in [3.8, 4) is 0 Å². The number of carbonyl (C=O) groups is 9. The summed E-state index contributed by atoms with van der Waals surface area (Å²) in [6.45, 7) is 34.4. The van der Waals surface area contributed by atoms with E-state index in [9.17, 15) is 58.5 Å². The molecule has 12 N–H and O–H groups in total. The van der Waals surface area contributed by atoms with Crippen LogP contribution in [0.1, 0.15) is 195 Å². The number of nitrogens with two attached hydrogens (primary N) is 3. The number of fused-ring (bicyclic) bond motifs is 15. The number of allylic oxidation sites excluding steroid dienone is 9. The van der Waals surface area contributed by atoms with Crippen molar-refractivity contribution in [2.45, 2.75) is 309 Å². The molecule has 6 fully saturated rings. The number of para-hydroxylation sites is 2. The Hall–Kier alpha value is -11.7. The molecule has 150 heavy (non-hydrogen) atoms. The van der Waals surface area contributed by atoms with Gasteiger partial charge in [-0.3, -0.25) is 44.7 Å². The zero-order chi connectivity index (χ0) is 111. The molecule has 6 amide bonds. The quantitative estimate of drug-likeness (QED) is 0.0281. The van der Waals surface area contributed by atoms with Crippen molar-refractivity contribution >= 4 is 140 Å². The third kappa shape index (κ3) is 29.2. The van der Waals surface area contributed by atoms with Crippen LogP contribution in [0.25, 0.3) is 0 Å². The highest BCUT2D eigenvalue weighted by Gasteiger charge is 2.68.